The Morgan fingerprint density at radius 3 is 2.44 bits per heavy atom. The first-order valence-corrected chi connectivity index (χ1v) is 6.45. The molecule has 2 aromatic carbocycles. The Morgan fingerprint density at radius 2 is 1.78 bits per heavy atom. The molecular weight excluding hydrogens is 246 g/mol. The van der Waals surface area contributed by atoms with Crippen molar-refractivity contribution in [1.29, 1.82) is 0 Å². The van der Waals surface area contributed by atoms with Gasteiger partial charge in [-0.15, -0.1) is 11.8 Å². The fourth-order valence-electron chi connectivity index (χ4n) is 1.59. The smallest absolute Gasteiger partial charge is 0.249 e. The van der Waals surface area contributed by atoms with Crippen molar-refractivity contribution in [2.45, 2.75) is 10.6 Å². The molecule has 92 valence electrons. The predicted molar refractivity (Wildman–Crippen MR) is 72.6 cm³/mol. The molecule has 18 heavy (non-hydrogen) atoms. The number of aromatic hydroxyl groups is 1. The van der Waals surface area contributed by atoms with Crippen LogP contribution in [0.1, 0.15) is 15.9 Å². The van der Waals surface area contributed by atoms with Crippen molar-refractivity contribution < 1.29 is 9.90 Å². The van der Waals surface area contributed by atoms with E-state index in [-0.39, 0.29) is 5.75 Å². The molecule has 4 heteroatoms. The van der Waals surface area contributed by atoms with Gasteiger partial charge in [-0.2, -0.15) is 0 Å². The summed E-state index contributed by atoms with van der Waals surface area (Å²) in [5, 5.41) is 9.19. The van der Waals surface area contributed by atoms with E-state index >= 15 is 0 Å². The van der Waals surface area contributed by atoms with Gasteiger partial charge >= 0.3 is 0 Å². The number of thioether (sulfide) groups is 1. The number of rotatable bonds is 4. The van der Waals surface area contributed by atoms with Crippen LogP contribution in [-0.2, 0) is 5.75 Å². The van der Waals surface area contributed by atoms with Gasteiger partial charge in [0.25, 0.3) is 0 Å². The van der Waals surface area contributed by atoms with Crippen molar-refractivity contribution in [3.05, 3.63) is 59.7 Å². The molecule has 3 nitrogen and oxygen atoms in total. The maximum atomic E-state index is 11.3. The number of phenolic OH excluding ortho intramolecular Hbond substituents is 1. The highest BCUT2D eigenvalue weighted by Crippen LogP contribution is 2.25. The third kappa shape index (κ3) is 3.05. The van der Waals surface area contributed by atoms with Crippen LogP contribution in [0.4, 0.5) is 0 Å². The molecule has 0 aromatic heterocycles. The van der Waals surface area contributed by atoms with Crippen LogP contribution in [0.5, 0.6) is 5.75 Å². The minimum absolute atomic E-state index is 0.247. The number of carbonyl (C=O) groups excluding carboxylic acids is 1. The standard InChI is InChI=1S/C14H13NO2S/c15-14(17)13-4-2-1-3-10(13)9-18-12-7-5-11(16)6-8-12/h1-8,16H,9H2,(H2,15,17). The molecule has 1 amide bonds. The SMILES string of the molecule is NC(=O)c1ccccc1CSc1ccc(O)cc1. The first-order valence-electron chi connectivity index (χ1n) is 5.46. The summed E-state index contributed by atoms with van der Waals surface area (Å²) >= 11 is 1.59. The van der Waals surface area contributed by atoms with Gasteiger partial charge in [-0.3, -0.25) is 4.79 Å². The molecular formula is C14H13NO2S. The first-order chi connectivity index (χ1) is 8.66. The molecule has 0 radical (unpaired) electrons. The largest absolute Gasteiger partial charge is 0.508 e. The van der Waals surface area contributed by atoms with Crippen molar-refractivity contribution in [2.75, 3.05) is 0 Å². The highest BCUT2D eigenvalue weighted by Gasteiger charge is 2.07. The zero-order chi connectivity index (χ0) is 13.0. The Labute approximate surface area is 110 Å². The van der Waals surface area contributed by atoms with Gasteiger partial charge in [0.1, 0.15) is 5.75 Å². The third-order valence-corrected chi connectivity index (χ3v) is 3.57. The Bertz CT molecular complexity index is 552. The van der Waals surface area contributed by atoms with Gasteiger partial charge in [0.2, 0.25) is 5.91 Å². The minimum atomic E-state index is -0.406. The van der Waals surface area contributed by atoms with E-state index in [1.54, 1.807) is 36.0 Å². The van der Waals surface area contributed by atoms with E-state index in [2.05, 4.69) is 0 Å². The molecule has 0 fully saturated rings. The first kappa shape index (κ1) is 12.5. The van der Waals surface area contributed by atoms with Crippen LogP contribution in [0.2, 0.25) is 0 Å². The maximum absolute atomic E-state index is 11.3. The lowest BCUT2D eigenvalue weighted by atomic mass is 10.1. The lowest BCUT2D eigenvalue weighted by Gasteiger charge is -2.06. The predicted octanol–water partition coefficient (Wildman–Crippen LogP) is 2.78. The van der Waals surface area contributed by atoms with Crippen molar-refractivity contribution in [1.82, 2.24) is 0 Å². The van der Waals surface area contributed by atoms with Crippen molar-refractivity contribution in [3.63, 3.8) is 0 Å². The lowest BCUT2D eigenvalue weighted by molar-refractivity contribution is 0.0999. The van der Waals surface area contributed by atoms with Gasteiger partial charge in [-0.25, -0.2) is 0 Å². The van der Waals surface area contributed by atoms with Gasteiger partial charge in [-0.1, -0.05) is 18.2 Å². The monoisotopic (exact) mass is 259 g/mol. The number of benzene rings is 2. The summed E-state index contributed by atoms with van der Waals surface area (Å²) in [6.07, 6.45) is 0. The molecule has 0 spiro atoms. The summed E-state index contributed by atoms with van der Waals surface area (Å²) in [5.41, 5.74) is 6.80. The average Bonchev–Trinajstić information content (AvgIpc) is 2.38. The van der Waals surface area contributed by atoms with Crippen LogP contribution in [0, 0.1) is 0 Å². The van der Waals surface area contributed by atoms with Crippen LogP contribution in [0.25, 0.3) is 0 Å². The Morgan fingerprint density at radius 1 is 1.11 bits per heavy atom. The van der Waals surface area contributed by atoms with Crippen LogP contribution in [-0.4, -0.2) is 11.0 Å². The van der Waals surface area contributed by atoms with E-state index in [1.165, 1.54) is 0 Å². The summed E-state index contributed by atoms with van der Waals surface area (Å²) in [4.78, 5) is 12.3. The number of amides is 1. The fraction of sp³-hybridized carbons (Fsp3) is 0.0714. The summed E-state index contributed by atoms with van der Waals surface area (Å²) in [5.74, 6) is 0.512. The van der Waals surface area contributed by atoms with Gasteiger partial charge in [0.15, 0.2) is 0 Å². The van der Waals surface area contributed by atoms with E-state index in [9.17, 15) is 9.90 Å². The van der Waals surface area contributed by atoms with E-state index in [1.807, 2.05) is 24.3 Å². The number of hydrogen-bond acceptors (Lipinski definition) is 3. The third-order valence-electron chi connectivity index (χ3n) is 2.51. The molecule has 2 rings (SSSR count). The molecule has 0 aliphatic heterocycles. The Kier molecular flexibility index (Phi) is 3.89. The number of primary amides is 1. The zero-order valence-electron chi connectivity index (χ0n) is 9.67. The number of carbonyl (C=O) groups is 1. The molecule has 0 unspecified atom stereocenters. The minimum Gasteiger partial charge on any atom is -0.508 e. The molecule has 0 atom stereocenters. The molecule has 0 saturated carbocycles. The Hall–Kier alpha value is -1.94. The van der Waals surface area contributed by atoms with Gasteiger partial charge in [0.05, 0.1) is 0 Å². The van der Waals surface area contributed by atoms with E-state index in [0.29, 0.717) is 11.3 Å². The lowest BCUT2D eigenvalue weighted by Crippen LogP contribution is -2.13. The molecule has 3 N–H and O–H groups in total. The summed E-state index contributed by atoms with van der Waals surface area (Å²) < 4.78 is 0. The van der Waals surface area contributed by atoms with E-state index < -0.39 is 5.91 Å². The normalized spacial score (nSPS) is 10.2. The van der Waals surface area contributed by atoms with Crippen molar-refractivity contribution in [3.8, 4) is 5.75 Å². The molecule has 0 aliphatic rings. The van der Waals surface area contributed by atoms with Crippen LogP contribution < -0.4 is 5.73 Å². The molecule has 0 heterocycles. The number of nitrogens with two attached hydrogens (primary N) is 1. The number of hydrogen-bond donors (Lipinski definition) is 2. The van der Waals surface area contributed by atoms with Gasteiger partial charge < -0.3 is 10.8 Å². The van der Waals surface area contributed by atoms with E-state index in [4.69, 9.17) is 5.73 Å². The maximum Gasteiger partial charge on any atom is 0.249 e. The van der Waals surface area contributed by atoms with Crippen molar-refractivity contribution in [2.24, 2.45) is 5.73 Å². The van der Waals surface area contributed by atoms with Gasteiger partial charge in [0, 0.05) is 16.2 Å². The second kappa shape index (κ2) is 5.60. The summed E-state index contributed by atoms with van der Waals surface area (Å²) in [6.45, 7) is 0. The molecule has 2 aromatic rings. The highest BCUT2D eigenvalue weighted by molar-refractivity contribution is 7.98. The molecule has 0 bridgehead atoms. The highest BCUT2D eigenvalue weighted by atomic mass is 32.2. The topological polar surface area (TPSA) is 63.3 Å². The van der Waals surface area contributed by atoms with Crippen molar-refractivity contribution >= 4 is 17.7 Å². The second-order valence-electron chi connectivity index (χ2n) is 3.80. The van der Waals surface area contributed by atoms with Crippen LogP contribution >= 0.6 is 11.8 Å². The zero-order valence-corrected chi connectivity index (χ0v) is 10.5. The fourth-order valence-corrected chi connectivity index (χ4v) is 2.49. The Balaban J connectivity index is 2.10. The summed E-state index contributed by atoms with van der Waals surface area (Å²) in [6, 6.07) is 14.3. The molecule has 0 aliphatic carbocycles. The van der Waals surface area contributed by atoms with E-state index in [0.717, 1.165) is 10.5 Å². The quantitative estimate of drug-likeness (QED) is 0.830. The average molecular weight is 259 g/mol. The summed E-state index contributed by atoms with van der Waals surface area (Å²) in [7, 11) is 0. The van der Waals surface area contributed by atoms with Gasteiger partial charge in [-0.05, 0) is 35.9 Å². The van der Waals surface area contributed by atoms with Crippen LogP contribution in [0.3, 0.4) is 0 Å². The number of phenols is 1. The molecule has 0 saturated heterocycles. The van der Waals surface area contributed by atoms with Crippen LogP contribution in [0.15, 0.2) is 53.4 Å². The second-order valence-corrected chi connectivity index (χ2v) is 4.85.